The minimum Gasteiger partial charge on any atom is -0.481 e. The minimum atomic E-state index is -0.400. The van der Waals surface area contributed by atoms with Gasteiger partial charge in [0.25, 0.3) is 5.91 Å². The highest BCUT2D eigenvalue weighted by Crippen LogP contribution is 2.23. The Morgan fingerprint density at radius 1 is 1.13 bits per heavy atom. The van der Waals surface area contributed by atoms with Crippen molar-refractivity contribution in [2.24, 2.45) is 5.10 Å². The molecule has 0 radical (unpaired) electrons. The molecule has 0 bridgehead atoms. The molecule has 156 valence electrons. The molecule has 0 aliphatic rings. The van der Waals surface area contributed by atoms with Crippen LogP contribution in [-0.2, 0) is 20.9 Å². The summed E-state index contributed by atoms with van der Waals surface area (Å²) in [5.74, 6) is -0.219. The Hall–Kier alpha value is -4.20. The Kier molecular flexibility index (Phi) is 5.89. The van der Waals surface area contributed by atoms with Gasteiger partial charge in [-0.1, -0.05) is 36.4 Å². The fraction of sp³-hybridized carbons (Fsp3) is 0.130. The number of rotatable bonds is 7. The summed E-state index contributed by atoms with van der Waals surface area (Å²) in [4.78, 5) is 28.1. The molecule has 0 unspecified atom stereocenters. The fourth-order valence-electron chi connectivity index (χ4n) is 3.25. The van der Waals surface area contributed by atoms with Gasteiger partial charge in [0, 0.05) is 34.2 Å². The highest BCUT2D eigenvalue weighted by molar-refractivity contribution is 6.00. The average Bonchev–Trinajstić information content (AvgIpc) is 3.15. The van der Waals surface area contributed by atoms with Gasteiger partial charge in [-0.3, -0.25) is 14.6 Å². The predicted octanol–water partition coefficient (Wildman–Crippen LogP) is 2.89. The van der Waals surface area contributed by atoms with Crippen molar-refractivity contribution in [1.29, 1.82) is 0 Å². The van der Waals surface area contributed by atoms with Crippen molar-refractivity contribution in [2.75, 3.05) is 13.7 Å². The van der Waals surface area contributed by atoms with E-state index < -0.39 is 5.91 Å². The normalized spacial score (nSPS) is 11.1. The van der Waals surface area contributed by atoms with Crippen LogP contribution in [0.5, 0.6) is 5.75 Å². The molecular formula is C23H20N4O4. The van der Waals surface area contributed by atoms with Crippen molar-refractivity contribution in [3.63, 3.8) is 0 Å². The number of nitrogens with one attached hydrogen (secondary N) is 1. The Bertz CT molecular complexity index is 1270. The summed E-state index contributed by atoms with van der Waals surface area (Å²) in [6.45, 7) is -0.110. The van der Waals surface area contributed by atoms with Gasteiger partial charge in [0.15, 0.2) is 6.61 Å². The molecule has 0 saturated heterocycles. The first-order chi connectivity index (χ1) is 15.2. The summed E-state index contributed by atoms with van der Waals surface area (Å²) < 4.78 is 12.1. The Balaban J connectivity index is 1.42. The lowest BCUT2D eigenvalue weighted by Gasteiger charge is -2.07. The van der Waals surface area contributed by atoms with Gasteiger partial charge in [-0.05, 0) is 18.2 Å². The summed E-state index contributed by atoms with van der Waals surface area (Å²) in [5, 5.41) is 5.87. The van der Waals surface area contributed by atoms with Crippen LogP contribution in [0.4, 0.5) is 0 Å². The summed E-state index contributed by atoms with van der Waals surface area (Å²) in [5.41, 5.74) is 4.78. The SMILES string of the molecule is COC(=O)Cn1cc(C=NNC(=O)COc2cccc3cccnc23)c2ccccc21. The second kappa shape index (κ2) is 9.08. The van der Waals surface area contributed by atoms with Crippen LogP contribution < -0.4 is 10.2 Å². The molecule has 0 saturated carbocycles. The van der Waals surface area contributed by atoms with Gasteiger partial charge in [0.2, 0.25) is 0 Å². The van der Waals surface area contributed by atoms with Crippen molar-refractivity contribution in [2.45, 2.75) is 6.54 Å². The zero-order chi connectivity index (χ0) is 21.6. The molecule has 4 aromatic rings. The first kappa shape index (κ1) is 20.1. The third kappa shape index (κ3) is 4.53. The van der Waals surface area contributed by atoms with Crippen LogP contribution in [0.1, 0.15) is 5.56 Å². The standard InChI is InChI=1S/C23H20N4O4/c1-30-22(29)14-27-13-17(18-8-2-3-9-19(18)27)12-25-26-21(28)15-31-20-10-4-6-16-7-5-11-24-23(16)20/h2-13H,14-15H2,1H3,(H,26,28). The lowest BCUT2D eigenvalue weighted by Crippen LogP contribution is -2.24. The average molecular weight is 416 g/mol. The third-order valence-electron chi connectivity index (χ3n) is 4.69. The van der Waals surface area contributed by atoms with E-state index >= 15 is 0 Å². The number of hydrogen-bond donors (Lipinski definition) is 1. The van der Waals surface area contributed by atoms with Crippen LogP contribution in [0.2, 0.25) is 0 Å². The monoisotopic (exact) mass is 416 g/mol. The van der Waals surface area contributed by atoms with Crippen molar-refractivity contribution in [3.05, 3.63) is 72.6 Å². The zero-order valence-electron chi connectivity index (χ0n) is 16.8. The number of aromatic nitrogens is 2. The van der Waals surface area contributed by atoms with Crippen LogP contribution in [-0.4, -0.2) is 41.4 Å². The Morgan fingerprint density at radius 2 is 1.97 bits per heavy atom. The highest BCUT2D eigenvalue weighted by Gasteiger charge is 2.10. The van der Waals surface area contributed by atoms with Gasteiger partial charge in [0.1, 0.15) is 17.8 Å². The first-order valence-electron chi connectivity index (χ1n) is 9.59. The van der Waals surface area contributed by atoms with E-state index in [2.05, 4.69) is 15.5 Å². The second-order valence-electron chi connectivity index (χ2n) is 6.72. The molecule has 4 rings (SSSR count). The maximum atomic E-state index is 12.2. The van der Waals surface area contributed by atoms with Gasteiger partial charge in [0.05, 0.1) is 13.3 Å². The third-order valence-corrected chi connectivity index (χ3v) is 4.69. The van der Waals surface area contributed by atoms with E-state index in [4.69, 9.17) is 9.47 Å². The molecule has 1 N–H and O–H groups in total. The summed E-state index contributed by atoms with van der Waals surface area (Å²) >= 11 is 0. The molecule has 8 heteroatoms. The summed E-state index contributed by atoms with van der Waals surface area (Å²) in [6.07, 6.45) is 5.00. The minimum absolute atomic E-state index is 0.0874. The number of para-hydroxylation sites is 2. The number of ether oxygens (including phenoxy) is 2. The van der Waals surface area contributed by atoms with Crippen LogP contribution in [0, 0.1) is 0 Å². The number of fused-ring (bicyclic) bond motifs is 2. The number of nitrogens with zero attached hydrogens (tertiary/aromatic N) is 3. The maximum Gasteiger partial charge on any atom is 0.325 e. The second-order valence-corrected chi connectivity index (χ2v) is 6.72. The number of pyridine rings is 1. The first-order valence-corrected chi connectivity index (χ1v) is 9.59. The molecule has 1 amide bonds. The van der Waals surface area contributed by atoms with E-state index in [0.717, 1.165) is 21.9 Å². The number of hydrazone groups is 1. The largest absolute Gasteiger partial charge is 0.481 e. The lowest BCUT2D eigenvalue weighted by atomic mass is 10.2. The molecule has 2 heterocycles. The van der Waals surface area contributed by atoms with E-state index in [9.17, 15) is 9.59 Å². The Labute approximate surface area is 178 Å². The fourth-order valence-corrected chi connectivity index (χ4v) is 3.25. The van der Waals surface area contributed by atoms with Crippen LogP contribution in [0.3, 0.4) is 0 Å². The van der Waals surface area contributed by atoms with Crippen molar-refractivity contribution >= 4 is 39.9 Å². The molecule has 0 fully saturated rings. The maximum absolute atomic E-state index is 12.2. The van der Waals surface area contributed by atoms with E-state index in [0.29, 0.717) is 11.3 Å². The van der Waals surface area contributed by atoms with Gasteiger partial charge >= 0.3 is 5.97 Å². The van der Waals surface area contributed by atoms with E-state index in [-0.39, 0.29) is 19.1 Å². The zero-order valence-corrected chi connectivity index (χ0v) is 16.8. The summed E-state index contributed by atoms with van der Waals surface area (Å²) in [7, 11) is 1.35. The lowest BCUT2D eigenvalue weighted by molar-refractivity contribution is -0.141. The molecular weight excluding hydrogens is 396 g/mol. The number of hydrogen-bond acceptors (Lipinski definition) is 6. The Morgan fingerprint density at radius 3 is 2.84 bits per heavy atom. The topological polar surface area (TPSA) is 94.8 Å². The predicted molar refractivity (Wildman–Crippen MR) is 117 cm³/mol. The van der Waals surface area contributed by atoms with Crippen LogP contribution >= 0.6 is 0 Å². The number of amides is 1. The van der Waals surface area contributed by atoms with Gasteiger partial charge in [-0.15, -0.1) is 0 Å². The van der Waals surface area contributed by atoms with Crippen molar-refractivity contribution in [3.8, 4) is 5.75 Å². The molecule has 0 aliphatic carbocycles. The summed E-state index contributed by atoms with van der Waals surface area (Å²) in [6, 6.07) is 16.9. The van der Waals surface area contributed by atoms with Crippen molar-refractivity contribution < 1.29 is 19.1 Å². The van der Waals surface area contributed by atoms with E-state index in [1.807, 2.05) is 48.5 Å². The van der Waals surface area contributed by atoms with Crippen molar-refractivity contribution in [1.82, 2.24) is 15.0 Å². The molecule has 0 spiro atoms. The smallest absolute Gasteiger partial charge is 0.325 e. The van der Waals surface area contributed by atoms with E-state index in [1.165, 1.54) is 13.3 Å². The van der Waals surface area contributed by atoms with Crippen LogP contribution in [0.25, 0.3) is 21.8 Å². The highest BCUT2D eigenvalue weighted by atomic mass is 16.5. The van der Waals surface area contributed by atoms with E-state index in [1.54, 1.807) is 23.0 Å². The molecule has 0 aliphatic heterocycles. The number of methoxy groups -OCH3 is 1. The molecule has 8 nitrogen and oxygen atoms in total. The number of carbonyl (C=O) groups is 2. The van der Waals surface area contributed by atoms with Gasteiger partial charge in [-0.2, -0.15) is 5.10 Å². The molecule has 31 heavy (non-hydrogen) atoms. The number of esters is 1. The number of benzene rings is 2. The molecule has 2 aromatic carbocycles. The molecule has 0 atom stereocenters. The quantitative estimate of drug-likeness (QED) is 0.284. The van der Waals surface area contributed by atoms with Gasteiger partial charge in [-0.25, -0.2) is 5.43 Å². The van der Waals surface area contributed by atoms with Gasteiger partial charge < -0.3 is 14.0 Å². The molecule has 2 aromatic heterocycles. The number of carbonyl (C=O) groups excluding carboxylic acids is 2. The van der Waals surface area contributed by atoms with Crippen LogP contribution in [0.15, 0.2) is 72.1 Å².